The van der Waals surface area contributed by atoms with E-state index in [0.717, 1.165) is 21.3 Å². The Kier molecular flexibility index (Phi) is 3.53. The SMILES string of the molecule is Cc1c(C)c(O)c(C)c(-n2c(=O)cc(C)n(C)c2=O)c1C. The van der Waals surface area contributed by atoms with E-state index < -0.39 is 5.69 Å². The lowest BCUT2D eigenvalue weighted by Crippen LogP contribution is -2.39. The summed E-state index contributed by atoms with van der Waals surface area (Å²) in [6.45, 7) is 8.98. The highest BCUT2D eigenvalue weighted by Crippen LogP contribution is 2.32. The van der Waals surface area contributed by atoms with Crippen molar-refractivity contribution in [1.29, 1.82) is 0 Å². The maximum atomic E-state index is 12.5. The van der Waals surface area contributed by atoms with Crippen LogP contribution >= 0.6 is 0 Å². The van der Waals surface area contributed by atoms with Gasteiger partial charge in [-0.05, 0) is 51.3 Å². The maximum Gasteiger partial charge on any atom is 0.335 e. The molecule has 5 nitrogen and oxygen atoms in total. The second kappa shape index (κ2) is 4.91. The van der Waals surface area contributed by atoms with Gasteiger partial charge in [-0.25, -0.2) is 9.36 Å². The number of phenols is 1. The monoisotopic (exact) mass is 288 g/mol. The van der Waals surface area contributed by atoms with Crippen LogP contribution in [-0.4, -0.2) is 14.2 Å². The lowest BCUT2D eigenvalue weighted by Gasteiger charge is -2.19. The van der Waals surface area contributed by atoms with Gasteiger partial charge >= 0.3 is 5.69 Å². The molecule has 1 N–H and O–H groups in total. The van der Waals surface area contributed by atoms with Crippen LogP contribution in [0.25, 0.3) is 5.69 Å². The molecule has 5 heteroatoms. The largest absolute Gasteiger partial charge is 0.507 e. The van der Waals surface area contributed by atoms with Crippen molar-refractivity contribution in [2.24, 2.45) is 7.05 Å². The zero-order valence-corrected chi connectivity index (χ0v) is 13.2. The Morgan fingerprint density at radius 3 is 2.05 bits per heavy atom. The van der Waals surface area contributed by atoms with Crippen molar-refractivity contribution in [1.82, 2.24) is 9.13 Å². The topological polar surface area (TPSA) is 64.2 Å². The van der Waals surface area contributed by atoms with Crippen molar-refractivity contribution in [3.8, 4) is 11.4 Å². The molecular formula is C16H20N2O3. The van der Waals surface area contributed by atoms with Gasteiger partial charge in [-0.1, -0.05) is 0 Å². The van der Waals surface area contributed by atoms with Gasteiger partial charge in [0.2, 0.25) is 0 Å². The molecule has 0 aliphatic rings. The van der Waals surface area contributed by atoms with E-state index in [-0.39, 0.29) is 11.3 Å². The summed E-state index contributed by atoms with van der Waals surface area (Å²) < 4.78 is 2.55. The third-order valence-electron chi connectivity index (χ3n) is 4.33. The molecule has 0 aliphatic carbocycles. The zero-order valence-electron chi connectivity index (χ0n) is 13.2. The number of benzene rings is 1. The molecule has 0 saturated heterocycles. The fourth-order valence-electron chi connectivity index (χ4n) is 2.59. The summed E-state index contributed by atoms with van der Waals surface area (Å²) in [5.41, 5.74) is 3.29. The number of nitrogens with zero attached hydrogens (tertiary/aromatic N) is 2. The van der Waals surface area contributed by atoms with Crippen molar-refractivity contribution < 1.29 is 5.11 Å². The minimum Gasteiger partial charge on any atom is -0.507 e. The molecule has 0 fully saturated rings. The van der Waals surface area contributed by atoms with E-state index >= 15 is 0 Å². The molecule has 21 heavy (non-hydrogen) atoms. The van der Waals surface area contributed by atoms with Crippen LogP contribution in [-0.2, 0) is 7.05 Å². The van der Waals surface area contributed by atoms with Gasteiger partial charge in [0.25, 0.3) is 5.56 Å². The first-order chi connectivity index (χ1) is 9.68. The normalized spacial score (nSPS) is 11.0. The summed E-state index contributed by atoms with van der Waals surface area (Å²) in [4.78, 5) is 24.8. The standard InChI is InChI=1S/C16H20N2O3/c1-8-7-13(19)18(16(21)17(8)6)14-10(3)9(2)11(4)15(20)12(14)5/h7,20H,1-6H3. The van der Waals surface area contributed by atoms with E-state index in [2.05, 4.69) is 0 Å². The summed E-state index contributed by atoms with van der Waals surface area (Å²) in [6, 6.07) is 1.42. The van der Waals surface area contributed by atoms with Crippen LogP contribution in [0.4, 0.5) is 0 Å². The molecule has 0 bridgehead atoms. The number of aryl methyl sites for hydroxylation is 1. The molecule has 1 aromatic carbocycles. The summed E-state index contributed by atoms with van der Waals surface area (Å²) in [5, 5.41) is 10.2. The molecule has 0 spiro atoms. The average molecular weight is 288 g/mol. The Morgan fingerprint density at radius 1 is 0.905 bits per heavy atom. The van der Waals surface area contributed by atoms with Crippen molar-refractivity contribution in [3.63, 3.8) is 0 Å². The molecule has 0 atom stereocenters. The van der Waals surface area contributed by atoms with Gasteiger partial charge < -0.3 is 9.67 Å². The molecule has 0 saturated carbocycles. The van der Waals surface area contributed by atoms with Crippen LogP contribution in [0.5, 0.6) is 5.75 Å². The maximum absolute atomic E-state index is 12.5. The van der Waals surface area contributed by atoms with Crippen LogP contribution in [0.15, 0.2) is 15.7 Å². The number of hydrogen-bond acceptors (Lipinski definition) is 3. The van der Waals surface area contributed by atoms with Crippen molar-refractivity contribution in [3.05, 3.63) is 54.9 Å². The fourth-order valence-corrected chi connectivity index (χ4v) is 2.59. The van der Waals surface area contributed by atoms with E-state index in [1.165, 1.54) is 10.6 Å². The van der Waals surface area contributed by atoms with Gasteiger partial charge in [-0.3, -0.25) is 4.79 Å². The molecule has 2 rings (SSSR count). The Morgan fingerprint density at radius 2 is 1.48 bits per heavy atom. The molecule has 0 unspecified atom stereocenters. The third kappa shape index (κ3) is 2.09. The Balaban J connectivity index is 3.04. The van der Waals surface area contributed by atoms with E-state index in [1.54, 1.807) is 20.9 Å². The van der Waals surface area contributed by atoms with Crippen LogP contribution in [0.2, 0.25) is 0 Å². The van der Waals surface area contributed by atoms with Crippen LogP contribution < -0.4 is 11.2 Å². The first kappa shape index (κ1) is 15.1. The number of aromatic hydroxyl groups is 1. The van der Waals surface area contributed by atoms with Gasteiger partial charge in [0.1, 0.15) is 5.75 Å². The number of rotatable bonds is 1. The van der Waals surface area contributed by atoms with E-state index in [1.807, 2.05) is 20.8 Å². The Hall–Kier alpha value is -2.30. The summed E-state index contributed by atoms with van der Waals surface area (Å²) in [6.07, 6.45) is 0. The Labute approximate surface area is 123 Å². The van der Waals surface area contributed by atoms with Gasteiger partial charge in [-0.15, -0.1) is 0 Å². The summed E-state index contributed by atoms with van der Waals surface area (Å²) in [5.74, 6) is 0.127. The van der Waals surface area contributed by atoms with Crippen LogP contribution in [0.3, 0.4) is 0 Å². The highest BCUT2D eigenvalue weighted by Gasteiger charge is 2.19. The Bertz CT molecular complexity index is 828. The third-order valence-corrected chi connectivity index (χ3v) is 4.33. The number of aromatic nitrogens is 2. The van der Waals surface area contributed by atoms with E-state index in [0.29, 0.717) is 16.9 Å². The molecule has 2 aromatic rings. The quantitative estimate of drug-likeness (QED) is 0.870. The van der Waals surface area contributed by atoms with Crippen LogP contribution in [0.1, 0.15) is 27.9 Å². The predicted octanol–water partition coefficient (Wildman–Crippen LogP) is 1.78. The minimum absolute atomic E-state index is 0.127. The molecule has 0 aliphatic heterocycles. The first-order valence-corrected chi connectivity index (χ1v) is 6.77. The van der Waals surface area contributed by atoms with Gasteiger partial charge in [0.05, 0.1) is 5.69 Å². The predicted molar refractivity (Wildman–Crippen MR) is 82.6 cm³/mol. The molecule has 0 radical (unpaired) electrons. The zero-order chi connectivity index (χ0) is 16.1. The highest BCUT2D eigenvalue weighted by atomic mass is 16.3. The van der Waals surface area contributed by atoms with Gasteiger partial charge in [-0.2, -0.15) is 0 Å². The lowest BCUT2D eigenvalue weighted by molar-refractivity contribution is 0.465. The summed E-state index contributed by atoms with van der Waals surface area (Å²) in [7, 11) is 1.62. The van der Waals surface area contributed by atoms with E-state index in [4.69, 9.17) is 0 Å². The number of hydrogen-bond donors (Lipinski definition) is 1. The second-order valence-corrected chi connectivity index (χ2v) is 5.50. The van der Waals surface area contributed by atoms with E-state index in [9.17, 15) is 14.7 Å². The average Bonchev–Trinajstić information content (AvgIpc) is 2.44. The fraction of sp³-hybridized carbons (Fsp3) is 0.375. The van der Waals surface area contributed by atoms with Crippen LogP contribution in [0, 0.1) is 34.6 Å². The molecule has 1 heterocycles. The van der Waals surface area contributed by atoms with Crippen molar-refractivity contribution in [2.75, 3.05) is 0 Å². The van der Waals surface area contributed by atoms with Crippen molar-refractivity contribution in [2.45, 2.75) is 34.6 Å². The molecular weight excluding hydrogens is 268 g/mol. The molecule has 1 aromatic heterocycles. The smallest absolute Gasteiger partial charge is 0.335 e. The first-order valence-electron chi connectivity index (χ1n) is 6.77. The second-order valence-electron chi connectivity index (χ2n) is 5.50. The molecule has 112 valence electrons. The van der Waals surface area contributed by atoms with Gasteiger partial charge in [0, 0.05) is 24.4 Å². The lowest BCUT2D eigenvalue weighted by atomic mass is 9.97. The highest BCUT2D eigenvalue weighted by molar-refractivity contribution is 5.60. The minimum atomic E-state index is -0.408. The molecule has 0 amide bonds. The number of phenolic OH excluding ortho intramolecular Hbond substituents is 1. The van der Waals surface area contributed by atoms with Crippen molar-refractivity contribution >= 4 is 0 Å². The summed E-state index contributed by atoms with van der Waals surface area (Å²) >= 11 is 0. The van der Waals surface area contributed by atoms with Gasteiger partial charge in [0.15, 0.2) is 0 Å².